The molecule has 0 saturated carbocycles. The number of aliphatic hydroxyl groups excluding tert-OH is 1. The topological polar surface area (TPSA) is 58.6 Å². The van der Waals surface area contributed by atoms with Gasteiger partial charge in [0.2, 0.25) is 0 Å². The largest absolute Gasteiger partial charge is 0.497 e. The van der Waals surface area contributed by atoms with Crippen LogP contribution in [0.15, 0.2) is 22.7 Å². The molecule has 0 aliphatic rings. The molecule has 1 rings (SSSR count). The summed E-state index contributed by atoms with van der Waals surface area (Å²) in [6.45, 7) is 2.29. The van der Waals surface area contributed by atoms with E-state index in [0.29, 0.717) is 24.3 Å². The van der Waals surface area contributed by atoms with Gasteiger partial charge < -0.3 is 15.2 Å². The van der Waals surface area contributed by atoms with E-state index in [4.69, 9.17) is 9.84 Å². The van der Waals surface area contributed by atoms with Gasteiger partial charge in [-0.25, -0.2) is 0 Å². The van der Waals surface area contributed by atoms with Crippen molar-refractivity contribution >= 4 is 21.8 Å². The van der Waals surface area contributed by atoms with Gasteiger partial charge in [0, 0.05) is 11.0 Å². The first-order chi connectivity index (χ1) is 8.54. The van der Waals surface area contributed by atoms with E-state index >= 15 is 0 Å². The molecule has 1 aromatic rings. The summed E-state index contributed by atoms with van der Waals surface area (Å²) in [5, 5.41) is 11.9. The number of methoxy groups -OCH3 is 1. The molecule has 4 nitrogen and oxygen atoms in total. The van der Waals surface area contributed by atoms with Crippen LogP contribution in [0.2, 0.25) is 0 Å². The summed E-state index contributed by atoms with van der Waals surface area (Å²) in [6.07, 6.45) is 1.11. The van der Waals surface area contributed by atoms with Crippen LogP contribution in [0.1, 0.15) is 30.1 Å². The molecule has 100 valence electrons. The molecule has 18 heavy (non-hydrogen) atoms. The van der Waals surface area contributed by atoms with Gasteiger partial charge in [-0.05, 0) is 53.9 Å². The summed E-state index contributed by atoms with van der Waals surface area (Å²) in [5.74, 6) is 0.499. The Balaban J connectivity index is 2.55. The van der Waals surface area contributed by atoms with Crippen molar-refractivity contribution in [3.05, 3.63) is 28.2 Å². The summed E-state index contributed by atoms with van der Waals surface area (Å²) in [6, 6.07) is 5.26. The predicted octanol–water partition coefficient (Wildman–Crippen LogP) is 2.35. The van der Waals surface area contributed by atoms with E-state index in [1.54, 1.807) is 32.2 Å². The molecule has 0 aliphatic carbocycles. The standard InChI is InChI=1S/C13H18BrNO3/c1-9(16)4-3-7-15-13(17)11-8-10(18-2)5-6-12(11)14/h5-6,8-9,16H,3-4,7H2,1-2H3,(H,15,17). The van der Waals surface area contributed by atoms with E-state index in [2.05, 4.69) is 21.2 Å². The molecule has 5 heteroatoms. The number of carbonyl (C=O) groups is 1. The van der Waals surface area contributed by atoms with Crippen molar-refractivity contribution in [2.75, 3.05) is 13.7 Å². The Hall–Kier alpha value is -1.07. The van der Waals surface area contributed by atoms with Crippen LogP contribution in [0.4, 0.5) is 0 Å². The van der Waals surface area contributed by atoms with E-state index in [9.17, 15) is 4.79 Å². The van der Waals surface area contributed by atoms with Crippen molar-refractivity contribution in [1.82, 2.24) is 5.32 Å². The summed E-state index contributed by atoms with van der Waals surface area (Å²) >= 11 is 3.34. The van der Waals surface area contributed by atoms with E-state index in [1.165, 1.54) is 0 Å². The van der Waals surface area contributed by atoms with Crippen LogP contribution < -0.4 is 10.1 Å². The van der Waals surface area contributed by atoms with Crippen molar-refractivity contribution in [3.8, 4) is 5.75 Å². The summed E-state index contributed by atoms with van der Waals surface area (Å²) < 4.78 is 5.82. The van der Waals surface area contributed by atoms with Gasteiger partial charge >= 0.3 is 0 Å². The maximum absolute atomic E-state index is 11.9. The molecule has 0 saturated heterocycles. The fourth-order valence-corrected chi connectivity index (χ4v) is 1.93. The third kappa shape index (κ3) is 4.66. The Kier molecular flexibility index (Phi) is 6.15. The van der Waals surface area contributed by atoms with Gasteiger partial charge in [0.05, 0.1) is 18.8 Å². The van der Waals surface area contributed by atoms with Crippen molar-refractivity contribution in [3.63, 3.8) is 0 Å². The lowest BCUT2D eigenvalue weighted by Crippen LogP contribution is -2.25. The highest BCUT2D eigenvalue weighted by molar-refractivity contribution is 9.10. The third-order valence-corrected chi connectivity index (χ3v) is 3.19. The number of hydrogen-bond donors (Lipinski definition) is 2. The highest BCUT2D eigenvalue weighted by atomic mass is 79.9. The van der Waals surface area contributed by atoms with Gasteiger partial charge in [-0.15, -0.1) is 0 Å². The van der Waals surface area contributed by atoms with Crippen LogP contribution in [-0.2, 0) is 0 Å². The predicted molar refractivity (Wildman–Crippen MR) is 73.9 cm³/mol. The smallest absolute Gasteiger partial charge is 0.252 e. The minimum absolute atomic E-state index is 0.147. The second-order valence-electron chi connectivity index (χ2n) is 4.09. The summed E-state index contributed by atoms with van der Waals surface area (Å²) in [5.41, 5.74) is 0.548. The molecule has 0 fully saturated rings. The third-order valence-electron chi connectivity index (χ3n) is 2.50. The number of amides is 1. The second kappa shape index (κ2) is 7.38. The first kappa shape index (κ1) is 15.0. The molecule has 1 unspecified atom stereocenters. The monoisotopic (exact) mass is 315 g/mol. The molecule has 0 bridgehead atoms. The fraction of sp³-hybridized carbons (Fsp3) is 0.462. The molecule has 2 N–H and O–H groups in total. The molecule has 0 spiro atoms. The van der Waals surface area contributed by atoms with Crippen LogP contribution in [0.25, 0.3) is 0 Å². The normalized spacial score (nSPS) is 12.0. The quantitative estimate of drug-likeness (QED) is 0.792. The SMILES string of the molecule is COc1ccc(Br)c(C(=O)NCCCC(C)O)c1. The molecule has 0 aliphatic heterocycles. The highest BCUT2D eigenvalue weighted by Crippen LogP contribution is 2.22. The van der Waals surface area contributed by atoms with Crippen LogP contribution in [-0.4, -0.2) is 30.8 Å². The highest BCUT2D eigenvalue weighted by Gasteiger charge is 2.10. The van der Waals surface area contributed by atoms with Crippen molar-refractivity contribution in [1.29, 1.82) is 0 Å². The molecule has 1 atom stereocenters. The molecule has 1 aromatic carbocycles. The molecule has 1 amide bonds. The number of nitrogens with one attached hydrogen (secondary N) is 1. The van der Waals surface area contributed by atoms with Crippen LogP contribution >= 0.6 is 15.9 Å². The summed E-state index contributed by atoms with van der Waals surface area (Å²) in [7, 11) is 1.56. The minimum atomic E-state index is -0.328. The minimum Gasteiger partial charge on any atom is -0.497 e. The van der Waals surface area contributed by atoms with Gasteiger partial charge in [-0.2, -0.15) is 0 Å². The number of hydrogen-bond acceptors (Lipinski definition) is 3. The van der Waals surface area contributed by atoms with E-state index in [1.807, 2.05) is 0 Å². The number of benzene rings is 1. The summed E-state index contributed by atoms with van der Waals surface area (Å²) in [4.78, 5) is 11.9. The zero-order valence-electron chi connectivity index (χ0n) is 10.6. The Labute approximate surface area is 115 Å². The second-order valence-corrected chi connectivity index (χ2v) is 4.95. The van der Waals surface area contributed by atoms with Crippen molar-refractivity contribution < 1.29 is 14.6 Å². The van der Waals surface area contributed by atoms with Gasteiger partial charge in [-0.1, -0.05) is 0 Å². The Morgan fingerprint density at radius 1 is 1.56 bits per heavy atom. The Morgan fingerprint density at radius 2 is 2.28 bits per heavy atom. The first-order valence-electron chi connectivity index (χ1n) is 5.84. The van der Waals surface area contributed by atoms with E-state index < -0.39 is 0 Å². The maximum atomic E-state index is 11.9. The number of carbonyl (C=O) groups excluding carboxylic acids is 1. The lowest BCUT2D eigenvalue weighted by molar-refractivity contribution is 0.0948. The van der Waals surface area contributed by atoms with Gasteiger partial charge in [0.25, 0.3) is 5.91 Å². The van der Waals surface area contributed by atoms with Crippen LogP contribution in [0, 0.1) is 0 Å². The molecule has 0 aromatic heterocycles. The lowest BCUT2D eigenvalue weighted by Gasteiger charge is -2.09. The zero-order chi connectivity index (χ0) is 13.5. The maximum Gasteiger partial charge on any atom is 0.252 e. The fourth-order valence-electron chi connectivity index (χ4n) is 1.50. The molecular formula is C13H18BrNO3. The Bertz CT molecular complexity index is 407. The van der Waals surface area contributed by atoms with Gasteiger partial charge in [0.1, 0.15) is 5.75 Å². The van der Waals surface area contributed by atoms with Crippen LogP contribution in [0.3, 0.4) is 0 Å². The van der Waals surface area contributed by atoms with Gasteiger partial charge in [0.15, 0.2) is 0 Å². The van der Waals surface area contributed by atoms with Crippen LogP contribution in [0.5, 0.6) is 5.75 Å². The first-order valence-corrected chi connectivity index (χ1v) is 6.63. The molecule has 0 radical (unpaired) electrons. The lowest BCUT2D eigenvalue weighted by atomic mass is 10.2. The molecular weight excluding hydrogens is 298 g/mol. The van der Waals surface area contributed by atoms with E-state index in [0.717, 1.165) is 10.9 Å². The Morgan fingerprint density at radius 3 is 2.89 bits per heavy atom. The number of halogens is 1. The zero-order valence-corrected chi connectivity index (χ0v) is 12.2. The van der Waals surface area contributed by atoms with E-state index in [-0.39, 0.29) is 12.0 Å². The van der Waals surface area contributed by atoms with Crippen molar-refractivity contribution in [2.24, 2.45) is 0 Å². The number of ether oxygens (including phenoxy) is 1. The average Bonchev–Trinajstić information content (AvgIpc) is 2.34. The number of aliphatic hydroxyl groups is 1. The van der Waals surface area contributed by atoms with Gasteiger partial charge in [-0.3, -0.25) is 4.79 Å². The number of rotatable bonds is 6. The molecule has 0 heterocycles. The van der Waals surface area contributed by atoms with Crippen molar-refractivity contribution in [2.45, 2.75) is 25.9 Å². The average molecular weight is 316 g/mol.